The third kappa shape index (κ3) is 3.76. The summed E-state index contributed by atoms with van der Waals surface area (Å²) in [5.41, 5.74) is 2.50. The summed E-state index contributed by atoms with van der Waals surface area (Å²) in [6.45, 7) is -3.10. The highest BCUT2D eigenvalue weighted by atomic mass is 32.2. The largest absolute Gasteiger partial charge is 0.339 e. The molecule has 0 saturated heterocycles. The smallest absolute Gasteiger partial charge is 0.333 e. The van der Waals surface area contributed by atoms with E-state index in [2.05, 4.69) is 24.8 Å². The molecule has 2 N–H and O–H groups in total. The van der Waals surface area contributed by atoms with Crippen molar-refractivity contribution in [3.8, 4) is 28.6 Å². The number of nitrogens with zero attached hydrogens (tertiary/aromatic N) is 5. The highest BCUT2D eigenvalue weighted by Crippen LogP contribution is 2.27. The lowest BCUT2D eigenvalue weighted by molar-refractivity contribution is 0.0566. The number of aromatic amines is 1. The molecule has 0 saturated carbocycles. The van der Waals surface area contributed by atoms with Crippen molar-refractivity contribution in [3.63, 3.8) is 0 Å². The molecular weight excluding hydrogens is 416 g/mol. The van der Waals surface area contributed by atoms with Gasteiger partial charge in [-0.1, -0.05) is 6.07 Å². The number of alkyl halides is 2. The van der Waals surface area contributed by atoms with E-state index in [-0.39, 0.29) is 11.6 Å². The molecule has 0 aliphatic carbocycles. The third-order valence-corrected chi connectivity index (χ3v) is 5.52. The van der Waals surface area contributed by atoms with Crippen molar-refractivity contribution < 1.29 is 17.2 Å². The van der Waals surface area contributed by atoms with Crippen molar-refractivity contribution in [2.24, 2.45) is 0 Å². The van der Waals surface area contributed by atoms with Crippen LogP contribution >= 0.6 is 0 Å². The number of aromatic nitrogens is 5. The number of nitrogens with one attached hydrogen (secondary N) is 2. The fourth-order valence-electron chi connectivity index (χ4n) is 2.82. The maximum Gasteiger partial charge on any atom is 0.333 e. The van der Waals surface area contributed by atoms with Gasteiger partial charge in [0.25, 0.3) is 10.0 Å². The molecule has 0 unspecified atom stereocenters. The Balaban J connectivity index is 1.69. The zero-order valence-corrected chi connectivity index (χ0v) is 15.9. The van der Waals surface area contributed by atoms with Gasteiger partial charge in [0.05, 0.1) is 30.2 Å². The van der Waals surface area contributed by atoms with Crippen molar-refractivity contribution in [1.29, 1.82) is 5.26 Å². The zero-order valence-electron chi connectivity index (χ0n) is 15.1. The Morgan fingerprint density at radius 2 is 2.07 bits per heavy atom. The first kappa shape index (κ1) is 19.6. The molecule has 0 spiro atoms. The predicted molar refractivity (Wildman–Crippen MR) is 103 cm³/mol. The third-order valence-electron chi connectivity index (χ3n) is 4.22. The molecule has 9 nitrogen and oxygen atoms in total. The van der Waals surface area contributed by atoms with Crippen molar-refractivity contribution in [2.75, 3.05) is 6.54 Å². The highest BCUT2D eigenvalue weighted by molar-refractivity contribution is 7.89. The average Bonchev–Trinajstić information content (AvgIpc) is 3.39. The summed E-state index contributed by atoms with van der Waals surface area (Å²) in [7, 11) is -3.91. The second kappa shape index (κ2) is 7.62. The molecule has 12 heteroatoms. The average molecular weight is 429 g/mol. The van der Waals surface area contributed by atoms with Gasteiger partial charge in [0, 0.05) is 28.9 Å². The van der Waals surface area contributed by atoms with Crippen LogP contribution in [0.15, 0.2) is 53.9 Å². The Morgan fingerprint density at radius 1 is 1.23 bits per heavy atom. The van der Waals surface area contributed by atoms with Gasteiger partial charge in [-0.05, 0) is 24.3 Å². The van der Waals surface area contributed by atoms with Crippen LogP contribution in [0.5, 0.6) is 0 Å². The number of halogens is 2. The standard InChI is InChI=1S/C18H13F2N7O2S/c19-18(20)27-10-13(9-23-27)15-7-11-6-12(8-22-17(11)26-15)14-2-1-3-16(25-14)30(28,29)24-5-4-21/h1-3,6-10,18,24H,5H2,(H,22,26). The summed E-state index contributed by atoms with van der Waals surface area (Å²) < 4.78 is 52.5. The van der Waals surface area contributed by atoms with Crippen LogP contribution in [0.25, 0.3) is 33.5 Å². The molecule has 152 valence electrons. The lowest BCUT2D eigenvalue weighted by Crippen LogP contribution is -2.24. The Hall–Kier alpha value is -3.69. The minimum absolute atomic E-state index is 0.218. The summed E-state index contributed by atoms with van der Waals surface area (Å²) in [5, 5.41) is 12.7. The van der Waals surface area contributed by atoms with Crippen molar-refractivity contribution in [1.82, 2.24) is 29.5 Å². The second-order valence-corrected chi connectivity index (χ2v) is 7.89. The molecule has 30 heavy (non-hydrogen) atoms. The Kier molecular flexibility index (Phi) is 4.98. The van der Waals surface area contributed by atoms with Crippen LogP contribution in [0.2, 0.25) is 0 Å². The SMILES string of the molecule is N#CCNS(=O)(=O)c1cccc(-c2cnc3[nH]c(-c4cnn(C(F)F)c4)cc3c2)n1. The van der Waals surface area contributed by atoms with Crippen LogP contribution in [0.1, 0.15) is 6.55 Å². The van der Waals surface area contributed by atoms with Crippen LogP contribution in [0, 0.1) is 11.3 Å². The number of pyridine rings is 2. The number of sulfonamides is 1. The number of rotatable bonds is 6. The molecule has 0 amide bonds. The second-order valence-electron chi connectivity index (χ2n) is 6.18. The first-order chi connectivity index (χ1) is 14.4. The molecule has 0 radical (unpaired) electrons. The van der Waals surface area contributed by atoms with E-state index in [4.69, 9.17) is 5.26 Å². The molecule has 0 bridgehead atoms. The Morgan fingerprint density at radius 3 is 2.80 bits per heavy atom. The van der Waals surface area contributed by atoms with Crippen LogP contribution in [-0.4, -0.2) is 39.7 Å². The number of hydrogen-bond acceptors (Lipinski definition) is 6. The number of nitriles is 1. The summed E-state index contributed by atoms with van der Waals surface area (Å²) >= 11 is 0. The fraction of sp³-hybridized carbons (Fsp3) is 0.111. The van der Waals surface area contributed by atoms with Gasteiger partial charge < -0.3 is 4.98 Å². The molecule has 0 aromatic carbocycles. The molecule has 0 atom stereocenters. The maximum absolute atomic E-state index is 12.7. The zero-order chi connectivity index (χ0) is 21.3. The topological polar surface area (TPSA) is 129 Å². The van der Waals surface area contributed by atoms with Gasteiger partial charge in [0.2, 0.25) is 0 Å². The van der Waals surface area contributed by atoms with Gasteiger partial charge in [-0.15, -0.1) is 0 Å². The summed E-state index contributed by atoms with van der Waals surface area (Å²) in [6, 6.07) is 9.68. The minimum Gasteiger partial charge on any atom is -0.339 e. The van der Waals surface area contributed by atoms with E-state index in [1.807, 2.05) is 0 Å². The maximum atomic E-state index is 12.7. The predicted octanol–water partition coefficient (Wildman–Crippen LogP) is 2.69. The van der Waals surface area contributed by atoms with E-state index in [0.717, 1.165) is 0 Å². The van der Waals surface area contributed by atoms with E-state index < -0.39 is 16.6 Å². The van der Waals surface area contributed by atoms with Crippen LogP contribution < -0.4 is 4.72 Å². The molecule has 0 fully saturated rings. The van der Waals surface area contributed by atoms with E-state index in [9.17, 15) is 17.2 Å². The summed E-state index contributed by atoms with van der Waals surface area (Å²) in [6.07, 6.45) is 4.06. The van der Waals surface area contributed by atoms with E-state index in [0.29, 0.717) is 38.2 Å². The van der Waals surface area contributed by atoms with Crippen LogP contribution in [0.3, 0.4) is 0 Å². The first-order valence-corrected chi connectivity index (χ1v) is 10.0. The van der Waals surface area contributed by atoms with Crippen molar-refractivity contribution in [3.05, 3.63) is 48.9 Å². The van der Waals surface area contributed by atoms with E-state index in [1.54, 1.807) is 24.3 Å². The van der Waals surface area contributed by atoms with Gasteiger partial charge >= 0.3 is 6.55 Å². The molecule has 4 rings (SSSR count). The quantitative estimate of drug-likeness (QED) is 0.453. The van der Waals surface area contributed by atoms with Crippen LogP contribution in [-0.2, 0) is 10.0 Å². The van der Waals surface area contributed by atoms with Crippen molar-refractivity contribution in [2.45, 2.75) is 11.6 Å². The highest BCUT2D eigenvalue weighted by Gasteiger charge is 2.17. The monoisotopic (exact) mass is 429 g/mol. The normalized spacial score (nSPS) is 11.8. The van der Waals surface area contributed by atoms with Gasteiger partial charge in [-0.3, -0.25) is 0 Å². The Bertz CT molecular complexity index is 1370. The summed E-state index contributed by atoms with van der Waals surface area (Å²) in [5.74, 6) is 0. The lowest BCUT2D eigenvalue weighted by atomic mass is 10.1. The van der Waals surface area contributed by atoms with E-state index >= 15 is 0 Å². The van der Waals surface area contributed by atoms with Gasteiger partial charge in [-0.2, -0.15) is 23.9 Å². The number of H-pyrrole nitrogens is 1. The molecule has 4 aromatic rings. The van der Waals surface area contributed by atoms with Gasteiger partial charge in [-0.25, -0.2) is 23.1 Å². The van der Waals surface area contributed by atoms with Crippen molar-refractivity contribution >= 4 is 21.1 Å². The Labute approximate surface area is 169 Å². The van der Waals surface area contributed by atoms with Crippen LogP contribution in [0.4, 0.5) is 8.78 Å². The molecule has 0 aliphatic heterocycles. The first-order valence-electron chi connectivity index (χ1n) is 8.53. The van der Waals surface area contributed by atoms with E-state index in [1.165, 1.54) is 30.7 Å². The minimum atomic E-state index is -3.91. The summed E-state index contributed by atoms with van der Waals surface area (Å²) in [4.78, 5) is 11.5. The number of hydrogen-bond donors (Lipinski definition) is 2. The molecule has 0 aliphatic rings. The van der Waals surface area contributed by atoms with Gasteiger partial charge in [0.15, 0.2) is 5.03 Å². The molecular formula is C18H13F2N7O2S. The molecule has 4 aromatic heterocycles. The lowest BCUT2D eigenvalue weighted by Gasteiger charge is -2.05. The van der Waals surface area contributed by atoms with Gasteiger partial charge in [0.1, 0.15) is 5.65 Å². The molecule has 4 heterocycles. The fourth-order valence-corrected chi connectivity index (χ4v) is 3.70. The number of fused-ring (bicyclic) bond motifs is 1.